The molecule has 0 aromatic heterocycles. The summed E-state index contributed by atoms with van der Waals surface area (Å²) >= 11 is 0. The highest BCUT2D eigenvalue weighted by atomic mass is 15.0. The zero-order chi connectivity index (χ0) is 9.90. The SMILES string of the molecule is CCCC1(CCC)CNC(C)C1N. The Balaban J connectivity index is 2.66. The van der Waals surface area contributed by atoms with Gasteiger partial charge in [0.1, 0.15) is 0 Å². The van der Waals surface area contributed by atoms with Crippen LogP contribution in [0.2, 0.25) is 0 Å². The van der Waals surface area contributed by atoms with Crippen LogP contribution in [0.15, 0.2) is 0 Å². The molecule has 0 bridgehead atoms. The molecule has 0 aromatic rings. The smallest absolute Gasteiger partial charge is 0.0261 e. The lowest BCUT2D eigenvalue weighted by molar-refractivity contribution is 0.226. The molecular formula is C11H24N2. The molecule has 2 unspecified atom stereocenters. The van der Waals surface area contributed by atoms with Crippen LogP contribution in [0.1, 0.15) is 46.5 Å². The molecule has 1 heterocycles. The van der Waals surface area contributed by atoms with Gasteiger partial charge in [0.25, 0.3) is 0 Å². The highest BCUT2D eigenvalue weighted by molar-refractivity contribution is 5.01. The van der Waals surface area contributed by atoms with Crippen LogP contribution >= 0.6 is 0 Å². The van der Waals surface area contributed by atoms with E-state index in [4.69, 9.17) is 5.73 Å². The summed E-state index contributed by atoms with van der Waals surface area (Å²) < 4.78 is 0. The van der Waals surface area contributed by atoms with Crippen molar-refractivity contribution in [2.45, 2.75) is 58.5 Å². The average Bonchev–Trinajstić information content (AvgIpc) is 2.36. The Hall–Kier alpha value is -0.0800. The molecule has 0 aliphatic carbocycles. The molecule has 0 spiro atoms. The quantitative estimate of drug-likeness (QED) is 0.700. The van der Waals surface area contributed by atoms with Crippen LogP contribution in [0.5, 0.6) is 0 Å². The summed E-state index contributed by atoms with van der Waals surface area (Å²) in [6, 6.07) is 0.852. The maximum atomic E-state index is 6.27. The molecule has 2 atom stereocenters. The fourth-order valence-electron chi connectivity index (χ4n) is 2.77. The Morgan fingerprint density at radius 1 is 1.31 bits per heavy atom. The van der Waals surface area contributed by atoms with Gasteiger partial charge in [-0.1, -0.05) is 26.7 Å². The molecule has 0 amide bonds. The zero-order valence-electron chi connectivity index (χ0n) is 9.27. The topological polar surface area (TPSA) is 38.0 Å². The van der Waals surface area contributed by atoms with E-state index in [0.29, 0.717) is 17.5 Å². The second kappa shape index (κ2) is 4.43. The van der Waals surface area contributed by atoms with E-state index in [1.165, 1.54) is 25.7 Å². The number of hydrogen-bond donors (Lipinski definition) is 2. The molecule has 1 aliphatic rings. The third kappa shape index (κ3) is 2.05. The summed E-state index contributed by atoms with van der Waals surface area (Å²) in [5, 5.41) is 3.50. The van der Waals surface area contributed by atoms with E-state index in [-0.39, 0.29) is 0 Å². The Labute approximate surface area is 82.3 Å². The second-order valence-electron chi connectivity index (χ2n) is 4.56. The van der Waals surface area contributed by atoms with Gasteiger partial charge in [0.05, 0.1) is 0 Å². The van der Waals surface area contributed by atoms with Crippen molar-refractivity contribution in [2.75, 3.05) is 6.54 Å². The van der Waals surface area contributed by atoms with Crippen molar-refractivity contribution in [1.29, 1.82) is 0 Å². The maximum Gasteiger partial charge on any atom is 0.0261 e. The molecule has 0 saturated carbocycles. The van der Waals surface area contributed by atoms with E-state index in [0.717, 1.165) is 6.54 Å². The van der Waals surface area contributed by atoms with Crippen molar-refractivity contribution in [3.8, 4) is 0 Å². The minimum absolute atomic E-state index is 0.354. The highest BCUT2D eigenvalue weighted by Crippen LogP contribution is 2.37. The fourth-order valence-corrected chi connectivity index (χ4v) is 2.77. The van der Waals surface area contributed by atoms with Crippen LogP contribution in [-0.4, -0.2) is 18.6 Å². The van der Waals surface area contributed by atoms with Gasteiger partial charge in [-0.2, -0.15) is 0 Å². The molecule has 1 rings (SSSR count). The van der Waals surface area contributed by atoms with Crippen LogP contribution in [0.3, 0.4) is 0 Å². The first-order chi connectivity index (χ1) is 6.16. The molecule has 1 saturated heterocycles. The molecule has 1 fully saturated rings. The molecule has 0 aromatic carbocycles. The monoisotopic (exact) mass is 184 g/mol. The van der Waals surface area contributed by atoms with Gasteiger partial charge in [-0.15, -0.1) is 0 Å². The summed E-state index contributed by atoms with van der Waals surface area (Å²) in [4.78, 5) is 0. The highest BCUT2D eigenvalue weighted by Gasteiger charge is 2.42. The predicted molar refractivity (Wildman–Crippen MR) is 57.7 cm³/mol. The van der Waals surface area contributed by atoms with Gasteiger partial charge >= 0.3 is 0 Å². The van der Waals surface area contributed by atoms with Gasteiger partial charge in [0.2, 0.25) is 0 Å². The maximum absolute atomic E-state index is 6.27. The molecule has 13 heavy (non-hydrogen) atoms. The van der Waals surface area contributed by atoms with Crippen LogP contribution in [0.25, 0.3) is 0 Å². The van der Waals surface area contributed by atoms with E-state index >= 15 is 0 Å². The minimum atomic E-state index is 0.354. The van der Waals surface area contributed by atoms with E-state index in [9.17, 15) is 0 Å². The van der Waals surface area contributed by atoms with Crippen molar-refractivity contribution in [3.05, 3.63) is 0 Å². The summed E-state index contributed by atoms with van der Waals surface area (Å²) in [7, 11) is 0. The van der Waals surface area contributed by atoms with Crippen LogP contribution in [0, 0.1) is 5.41 Å². The average molecular weight is 184 g/mol. The second-order valence-corrected chi connectivity index (χ2v) is 4.56. The van der Waals surface area contributed by atoms with Crippen LogP contribution in [-0.2, 0) is 0 Å². The van der Waals surface area contributed by atoms with Crippen molar-refractivity contribution in [1.82, 2.24) is 5.32 Å². The number of rotatable bonds is 4. The number of nitrogens with two attached hydrogens (primary N) is 1. The fraction of sp³-hybridized carbons (Fsp3) is 1.00. The standard InChI is InChI=1S/C11H24N2/c1-4-6-11(7-5-2)8-13-9(3)10(11)12/h9-10,13H,4-8,12H2,1-3H3. The first-order valence-electron chi connectivity index (χ1n) is 5.65. The lowest BCUT2D eigenvalue weighted by Crippen LogP contribution is -2.43. The van der Waals surface area contributed by atoms with E-state index in [1.807, 2.05) is 0 Å². The number of hydrogen-bond acceptors (Lipinski definition) is 2. The lowest BCUT2D eigenvalue weighted by atomic mass is 9.74. The van der Waals surface area contributed by atoms with Gasteiger partial charge in [-0.3, -0.25) is 0 Å². The first-order valence-corrected chi connectivity index (χ1v) is 5.65. The van der Waals surface area contributed by atoms with Crippen LogP contribution < -0.4 is 11.1 Å². The van der Waals surface area contributed by atoms with Crippen LogP contribution in [0.4, 0.5) is 0 Å². The van der Waals surface area contributed by atoms with Crippen molar-refractivity contribution < 1.29 is 0 Å². The Morgan fingerprint density at radius 3 is 2.15 bits per heavy atom. The Morgan fingerprint density at radius 2 is 1.85 bits per heavy atom. The van der Waals surface area contributed by atoms with Crippen molar-refractivity contribution >= 4 is 0 Å². The van der Waals surface area contributed by atoms with Crippen molar-refractivity contribution in [2.24, 2.45) is 11.1 Å². The Kier molecular flexibility index (Phi) is 3.74. The van der Waals surface area contributed by atoms with Crippen molar-refractivity contribution in [3.63, 3.8) is 0 Å². The normalized spacial score (nSPS) is 32.3. The van der Waals surface area contributed by atoms with Gasteiger partial charge < -0.3 is 11.1 Å². The van der Waals surface area contributed by atoms with E-state index in [2.05, 4.69) is 26.1 Å². The number of nitrogens with one attached hydrogen (secondary N) is 1. The molecule has 1 aliphatic heterocycles. The largest absolute Gasteiger partial charge is 0.326 e. The lowest BCUT2D eigenvalue weighted by Gasteiger charge is -2.33. The van der Waals surface area contributed by atoms with Gasteiger partial charge in [-0.25, -0.2) is 0 Å². The Bertz CT molecular complexity index is 145. The molecule has 78 valence electrons. The minimum Gasteiger partial charge on any atom is -0.326 e. The van der Waals surface area contributed by atoms with E-state index in [1.54, 1.807) is 0 Å². The molecular weight excluding hydrogens is 160 g/mol. The summed E-state index contributed by atoms with van der Waals surface area (Å²) in [6.07, 6.45) is 5.06. The van der Waals surface area contributed by atoms with Gasteiger partial charge in [0.15, 0.2) is 0 Å². The third-order valence-corrected chi connectivity index (χ3v) is 3.52. The third-order valence-electron chi connectivity index (χ3n) is 3.52. The summed E-state index contributed by atoms with van der Waals surface area (Å²) in [6.45, 7) is 7.84. The summed E-state index contributed by atoms with van der Waals surface area (Å²) in [5.41, 5.74) is 6.66. The molecule has 2 nitrogen and oxygen atoms in total. The first kappa shape index (κ1) is 11.0. The predicted octanol–water partition coefficient (Wildman–Crippen LogP) is 1.89. The molecule has 0 radical (unpaired) electrons. The van der Waals surface area contributed by atoms with E-state index < -0.39 is 0 Å². The van der Waals surface area contributed by atoms with Gasteiger partial charge in [0, 0.05) is 18.6 Å². The molecule has 2 heteroatoms. The van der Waals surface area contributed by atoms with Gasteiger partial charge in [-0.05, 0) is 25.2 Å². The molecule has 3 N–H and O–H groups in total. The summed E-state index contributed by atoms with van der Waals surface area (Å²) in [5.74, 6) is 0. The zero-order valence-corrected chi connectivity index (χ0v) is 9.27.